The molecule has 0 atom stereocenters. The van der Waals surface area contributed by atoms with Crippen molar-refractivity contribution in [3.63, 3.8) is 0 Å². The van der Waals surface area contributed by atoms with E-state index in [0.29, 0.717) is 35.8 Å². The van der Waals surface area contributed by atoms with Gasteiger partial charge in [0, 0.05) is 18.5 Å². The lowest BCUT2D eigenvalue weighted by Crippen LogP contribution is -2.35. The van der Waals surface area contributed by atoms with E-state index in [4.69, 9.17) is 9.47 Å². The number of hydrogen-bond acceptors (Lipinski definition) is 6. The molecule has 3 amide bonds. The van der Waals surface area contributed by atoms with Crippen LogP contribution in [0, 0.1) is 0 Å². The Morgan fingerprint density at radius 1 is 1.21 bits per heavy atom. The van der Waals surface area contributed by atoms with Crippen molar-refractivity contribution in [2.45, 2.75) is 13.0 Å². The fourth-order valence-electron chi connectivity index (χ4n) is 2.97. The maximum Gasteiger partial charge on any atom is 0.409 e. The summed E-state index contributed by atoms with van der Waals surface area (Å²) in [6.45, 7) is 0.617. The summed E-state index contributed by atoms with van der Waals surface area (Å²) in [5, 5.41) is 5.84. The monoisotopic (exact) mass is 403 g/mol. The van der Waals surface area contributed by atoms with Gasteiger partial charge < -0.3 is 25.0 Å². The Balaban J connectivity index is 1.76. The highest BCUT2D eigenvalue weighted by atomic mass is 32.1. The lowest BCUT2D eigenvalue weighted by Gasteiger charge is -2.25. The molecule has 3 rings (SSSR count). The van der Waals surface area contributed by atoms with Gasteiger partial charge in [0.15, 0.2) is 6.61 Å². The van der Waals surface area contributed by atoms with E-state index in [-0.39, 0.29) is 18.4 Å². The number of thiophene rings is 1. The number of nitrogens with one attached hydrogen (secondary N) is 2. The van der Waals surface area contributed by atoms with Gasteiger partial charge in [0.25, 0.3) is 11.8 Å². The number of benzene rings is 1. The zero-order valence-corrected chi connectivity index (χ0v) is 16.4. The number of ether oxygens (including phenoxy) is 2. The Kier molecular flexibility index (Phi) is 6.15. The third kappa shape index (κ3) is 4.25. The fraction of sp³-hybridized carbons (Fsp3) is 0.316. The van der Waals surface area contributed by atoms with E-state index in [9.17, 15) is 14.4 Å². The second-order valence-electron chi connectivity index (χ2n) is 6.08. The average molecular weight is 403 g/mol. The Morgan fingerprint density at radius 3 is 2.64 bits per heavy atom. The van der Waals surface area contributed by atoms with Gasteiger partial charge in [-0.1, -0.05) is 18.2 Å². The zero-order chi connectivity index (χ0) is 20.1. The summed E-state index contributed by atoms with van der Waals surface area (Å²) in [6, 6.07) is 9.01. The molecule has 1 aliphatic rings. The Morgan fingerprint density at radius 2 is 1.96 bits per heavy atom. The molecular weight excluding hydrogens is 382 g/mol. The van der Waals surface area contributed by atoms with Crippen LogP contribution >= 0.6 is 11.3 Å². The number of nitrogens with zero attached hydrogens (tertiary/aromatic N) is 1. The summed E-state index contributed by atoms with van der Waals surface area (Å²) in [4.78, 5) is 39.0. The van der Waals surface area contributed by atoms with Gasteiger partial charge >= 0.3 is 6.09 Å². The third-order valence-electron chi connectivity index (χ3n) is 4.31. The summed E-state index contributed by atoms with van der Waals surface area (Å²) in [5.41, 5.74) is 1.30. The lowest BCUT2D eigenvalue weighted by atomic mass is 10.0. The molecule has 2 heterocycles. The number of methoxy groups -OCH3 is 1. The number of rotatable bonds is 5. The molecule has 0 bridgehead atoms. The van der Waals surface area contributed by atoms with Gasteiger partial charge in [-0.3, -0.25) is 9.59 Å². The molecule has 0 unspecified atom stereocenters. The van der Waals surface area contributed by atoms with Gasteiger partial charge in [-0.05, 0) is 24.1 Å². The average Bonchev–Trinajstić information content (AvgIpc) is 3.08. The van der Waals surface area contributed by atoms with Gasteiger partial charge in [0.05, 0.1) is 19.2 Å². The maximum absolute atomic E-state index is 12.4. The molecule has 1 aromatic carbocycles. The second-order valence-corrected chi connectivity index (χ2v) is 7.18. The van der Waals surface area contributed by atoms with Crippen LogP contribution in [0.2, 0.25) is 0 Å². The van der Waals surface area contributed by atoms with Crippen molar-refractivity contribution < 1.29 is 23.9 Å². The van der Waals surface area contributed by atoms with Crippen LogP contribution in [-0.2, 0) is 22.5 Å². The minimum absolute atomic E-state index is 0.173. The van der Waals surface area contributed by atoms with E-state index in [1.54, 1.807) is 24.1 Å². The molecule has 9 heteroatoms. The van der Waals surface area contributed by atoms with E-state index < -0.39 is 6.09 Å². The number of anilines is 1. The normalized spacial score (nSPS) is 12.7. The first-order valence-corrected chi connectivity index (χ1v) is 9.52. The van der Waals surface area contributed by atoms with Crippen LogP contribution in [0.1, 0.15) is 20.8 Å². The van der Waals surface area contributed by atoms with Gasteiger partial charge in [-0.2, -0.15) is 0 Å². The largest absolute Gasteiger partial charge is 0.484 e. The molecule has 0 radical (unpaired) electrons. The van der Waals surface area contributed by atoms with E-state index in [2.05, 4.69) is 10.6 Å². The van der Waals surface area contributed by atoms with E-state index in [1.807, 2.05) is 18.2 Å². The second kappa shape index (κ2) is 8.75. The van der Waals surface area contributed by atoms with Crippen LogP contribution in [-0.4, -0.2) is 50.1 Å². The molecule has 0 spiro atoms. The van der Waals surface area contributed by atoms with E-state index in [1.165, 1.54) is 18.4 Å². The van der Waals surface area contributed by atoms with E-state index in [0.717, 1.165) is 10.4 Å². The third-order valence-corrected chi connectivity index (χ3v) is 5.44. The number of carbonyl (C=O) groups excluding carboxylic acids is 3. The molecule has 1 aliphatic heterocycles. The van der Waals surface area contributed by atoms with Crippen molar-refractivity contribution in [3.8, 4) is 5.75 Å². The zero-order valence-electron chi connectivity index (χ0n) is 15.6. The van der Waals surface area contributed by atoms with Crippen LogP contribution in [0.5, 0.6) is 5.75 Å². The first-order valence-electron chi connectivity index (χ1n) is 8.70. The Labute approximate surface area is 166 Å². The Hall–Kier alpha value is -3.07. The van der Waals surface area contributed by atoms with Crippen molar-refractivity contribution in [2.24, 2.45) is 0 Å². The minimum Gasteiger partial charge on any atom is -0.484 e. The SMILES string of the molecule is CNC(=O)c1c(NC(=O)COc2ccccc2)sc2c1CCN(C(=O)OC)C2. The van der Waals surface area contributed by atoms with Gasteiger partial charge in [0.2, 0.25) is 0 Å². The predicted octanol–water partition coefficient (Wildman–Crippen LogP) is 2.25. The standard InChI is InChI=1S/C19H21N3O5S/c1-20-17(24)16-13-8-9-22(19(25)26-2)10-14(13)28-18(16)21-15(23)11-27-12-6-4-3-5-7-12/h3-7H,8-11H2,1-2H3,(H,20,24)(H,21,23). The summed E-state index contributed by atoms with van der Waals surface area (Å²) in [5.74, 6) is -0.0518. The topological polar surface area (TPSA) is 97.0 Å². The van der Waals surface area contributed by atoms with Crippen molar-refractivity contribution >= 4 is 34.2 Å². The molecule has 148 valence electrons. The summed E-state index contributed by atoms with van der Waals surface area (Å²) >= 11 is 1.29. The summed E-state index contributed by atoms with van der Waals surface area (Å²) in [6.07, 6.45) is 0.0995. The van der Waals surface area contributed by atoms with Crippen LogP contribution in [0.3, 0.4) is 0 Å². The molecule has 2 aromatic rings. The molecule has 8 nitrogen and oxygen atoms in total. The van der Waals surface area contributed by atoms with Gasteiger partial charge in [-0.25, -0.2) is 4.79 Å². The molecular formula is C19H21N3O5S. The Bertz CT molecular complexity index is 881. The highest BCUT2D eigenvalue weighted by molar-refractivity contribution is 7.17. The molecule has 0 saturated carbocycles. The van der Waals surface area contributed by atoms with Crippen LogP contribution in [0.25, 0.3) is 0 Å². The van der Waals surface area contributed by atoms with Gasteiger partial charge in [-0.15, -0.1) is 11.3 Å². The smallest absolute Gasteiger partial charge is 0.409 e. The van der Waals surface area contributed by atoms with Crippen molar-refractivity contribution in [1.29, 1.82) is 0 Å². The highest BCUT2D eigenvalue weighted by Crippen LogP contribution is 2.37. The highest BCUT2D eigenvalue weighted by Gasteiger charge is 2.30. The molecule has 2 N–H and O–H groups in total. The lowest BCUT2D eigenvalue weighted by molar-refractivity contribution is -0.118. The van der Waals surface area contributed by atoms with Crippen molar-refractivity contribution in [3.05, 3.63) is 46.3 Å². The maximum atomic E-state index is 12.4. The van der Waals surface area contributed by atoms with Gasteiger partial charge in [0.1, 0.15) is 10.8 Å². The van der Waals surface area contributed by atoms with Crippen LogP contribution in [0.15, 0.2) is 30.3 Å². The van der Waals surface area contributed by atoms with Crippen molar-refractivity contribution in [2.75, 3.05) is 32.6 Å². The van der Waals surface area contributed by atoms with Crippen molar-refractivity contribution in [1.82, 2.24) is 10.2 Å². The van der Waals surface area contributed by atoms with Crippen LogP contribution in [0.4, 0.5) is 9.80 Å². The number of para-hydroxylation sites is 1. The summed E-state index contributed by atoms with van der Waals surface area (Å²) in [7, 11) is 2.88. The fourth-order valence-corrected chi connectivity index (χ4v) is 4.25. The quantitative estimate of drug-likeness (QED) is 0.798. The van der Waals surface area contributed by atoms with E-state index >= 15 is 0 Å². The van der Waals surface area contributed by atoms with Crippen LogP contribution < -0.4 is 15.4 Å². The first kappa shape index (κ1) is 19.7. The minimum atomic E-state index is -0.414. The number of amides is 3. The number of hydrogen-bond donors (Lipinski definition) is 2. The summed E-state index contributed by atoms with van der Waals surface area (Å²) < 4.78 is 10.2. The number of fused-ring (bicyclic) bond motifs is 1. The molecule has 1 aromatic heterocycles. The molecule has 0 saturated heterocycles. The first-order chi connectivity index (χ1) is 13.5. The predicted molar refractivity (Wildman–Crippen MR) is 105 cm³/mol. The number of carbonyl (C=O) groups is 3. The molecule has 28 heavy (non-hydrogen) atoms. The molecule has 0 fully saturated rings. The molecule has 0 aliphatic carbocycles.